The molecule has 0 aliphatic carbocycles. The van der Waals surface area contributed by atoms with Crippen molar-refractivity contribution in [2.24, 2.45) is 0 Å². The van der Waals surface area contributed by atoms with Crippen LogP contribution in [0.2, 0.25) is 0 Å². The Kier molecular flexibility index (Phi) is 4.56. The summed E-state index contributed by atoms with van der Waals surface area (Å²) in [6.45, 7) is 8.53. The minimum absolute atomic E-state index is 0.959. The SMILES string of the molecule is CCCN(CCBr)c1ncnc2sc(C)c(C)c12. The number of fused-ring (bicyclic) bond motifs is 1. The van der Waals surface area contributed by atoms with Gasteiger partial charge >= 0.3 is 0 Å². The molecule has 0 amide bonds. The predicted octanol–water partition coefficient (Wildman–Crippen LogP) is 3.92. The van der Waals surface area contributed by atoms with E-state index in [9.17, 15) is 0 Å². The minimum atomic E-state index is 0.959. The number of hydrogen-bond donors (Lipinski definition) is 0. The van der Waals surface area contributed by atoms with Gasteiger partial charge in [0.05, 0.1) is 5.39 Å². The summed E-state index contributed by atoms with van der Waals surface area (Å²) >= 11 is 5.28. The van der Waals surface area contributed by atoms with Crippen molar-refractivity contribution in [2.75, 3.05) is 23.3 Å². The molecule has 0 atom stereocenters. The van der Waals surface area contributed by atoms with Gasteiger partial charge in [-0.15, -0.1) is 11.3 Å². The predicted molar refractivity (Wildman–Crippen MR) is 83.2 cm³/mol. The number of hydrogen-bond acceptors (Lipinski definition) is 4. The van der Waals surface area contributed by atoms with Gasteiger partial charge in [0.25, 0.3) is 0 Å². The number of thiophene rings is 1. The maximum Gasteiger partial charge on any atom is 0.141 e. The fourth-order valence-corrected chi connectivity index (χ4v) is 3.52. The second-order valence-electron chi connectivity index (χ2n) is 4.34. The van der Waals surface area contributed by atoms with E-state index in [1.54, 1.807) is 17.7 Å². The fraction of sp³-hybridized carbons (Fsp3) is 0.538. The molecular formula is C13H18BrN3S. The van der Waals surface area contributed by atoms with E-state index < -0.39 is 0 Å². The van der Waals surface area contributed by atoms with Gasteiger partial charge < -0.3 is 4.90 Å². The first-order valence-corrected chi connectivity index (χ1v) is 8.14. The standard InChI is InChI=1S/C13H18BrN3S/c1-4-6-17(7-5-14)12-11-9(2)10(3)18-13(11)16-8-15-12/h8H,4-7H2,1-3H3. The van der Waals surface area contributed by atoms with E-state index >= 15 is 0 Å². The summed E-state index contributed by atoms with van der Waals surface area (Å²) in [5, 5.41) is 2.19. The number of halogens is 1. The van der Waals surface area contributed by atoms with E-state index in [0.717, 1.165) is 35.5 Å². The Hall–Kier alpha value is -0.680. The average Bonchev–Trinajstić information content (AvgIpc) is 2.65. The van der Waals surface area contributed by atoms with E-state index in [0.29, 0.717) is 0 Å². The molecule has 2 rings (SSSR count). The summed E-state index contributed by atoms with van der Waals surface area (Å²) < 4.78 is 0. The maximum absolute atomic E-state index is 4.52. The van der Waals surface area contributed by atoms with E-state index in [1.807, 2.05) is 0 Å². The van der Waals surface area contributed by atoms with Crippen molar-refractivity contribution in [3.63, 3.8) is 0 Å². The first kappa shape index (κ1) is 13.7. The van der Waals surface area contributed by atoms with Crippen molar-refractivity contribution in [3.05, 3.63) is 16.8 Å². The second kappa shape index (κ2) is 5.97. The van der Waals surface area contributed by atoms with Crippen LogP contribution in [0.5, 0.6) is 0 Å². The van der Waals surface area contributed by atoms with Gasteiger partial charge in [-0.3, -0.25) is 0 Å². The van der Waals surface area contributed by atoms with Gasteiger partial charge in [-0.05, 0) is 25.8 Å². The molecule has 0 saturated carbocycles. The summed E-state index contributed by atoms with van der Waals surface area (Å²) in [5.41, 5.74) is 1.32. The number of anilines is 1. The van der Waals surface area contributed by atoms with E-state index in [1.165, 1.54) is 15.8 Å². The zero-order valence-corrected chi connectivity index (χ0v) is 13.4. The zero-order chi connectivity index (χ0) is 13.1. The third kappa shape index (κ3) is 2.52. The lowest BCUT2D eigenvalue weighted by Crippen LogP contribution is -2.27. The number of rotatable bonds is 5. The molecule has 0 N–H and O–H groups in total. The Bertz CT molecular complexity index is 532. The first-order valence-electron chi connectivity index (χ1n) is 6.20. The van der Waals surface area contributed by atoms with Crippen LogP contribution in [0.15, 0.2) is 6.33 Å². The first-order chi connectivity index (χ1) is 8.69. The Morgan fingerprint density at radius 3 is 2.72 bits per heavy atom. The van der Waals surface area contributed by atoms with Crippen LogP contribution in [0.3, 0.4) is 0 Å². The minimum Gasteiger partial charge on any atom is -0.355 e. The van der Waals surface area contributed by atoms with Crippen LogP contribution in [0.1, 0.15) is 23.8 Å². The zero-order valence-electron chi connectivity index (χ0n) is 11.0. The van der Waals surface area contributed by atoms with Crippen LogP contribution in [-0.2, 0) is 0 Å². The Morgan fingerprint density at radius 1 is 1.28 bits per heavy atom. The van der Waals surface area contributed by atoms with E-state index in [-0.39, 0.29) is 0 Å². The molecule has 0 radical (unpaired) electrons. The summed E-state index contributed by atoms with van der Waals surface area (Å²) in [5.74, 6) is 1.09. The monoisotopic (exact) mass is 327 g/mol. The third-order valence-corrected chi connectivity index (χ3v) is 4.56. The lowest BCUT2D eigenvalue weighted by atomic mass is 10.2. The van der Waals surface area contributed by atoms with E-state index in [2.05, 4.69) is 51.6 Å². The van der Waals surface area contributed by atoms with Crippen molar-refractivity contribution in [1.82, 2.24) is 9.97 Å². The molecule has 0 aliphatic heterocycles. The highest BCUT2D eigenvalue weighted by Gasteiger charge is 2.16. The second-order valence-corrected chi connectivity index (χ2v) is 6.33. The Balaban J connectivity index is 2.54. The smallest absolute Gasteiger partial charge is 0.141 e. The van der Waals surface area contributed by atoms with Crippen LogP contribution in [0.25, 0.3) is 10.2 Å². The molecule has 3 nitrogen and oxygen atoms in total. The largest absolute Gasteiger partial charge is 0.355 e. The van der Waals surface area contributed by atoms with Gasteiger partial charge in [0, 0.05) is 23.3 Å². The number of nitrogens with zero attached hydrogens (tertiary/aromatic N) is 3. The van der Waals surface area contributed by atoms with Crippen molar-refractivity contribution < 1.29 is 0 Å². The average molecular weight is 328 g/mol. The van der Waals surface area contributed by atoms with Gasteiger partial charge in [-0.1, -0.05) is 22.9 Å². The molecule has 0 spiro atoms. The summed E-state index contributed by atoms with van der Waals surface area (Å²) in [6.07, 6.45) is 2.81. The molecule has 2 aromatic heterocycles. The molecule has 0 saturated heterocycles. The quantitative estimate of drug-likeness (QED) is 0.779. The number of aromatic nitrogens is 2. The molecule has 2 aromatic rings. The van der Waals surface area contributed by atoms with Crippen LogP contribution in [0.4, 0.5) is 5.82 Å². The van der Waals surface area contributed by atoms with Crippen LogP contribution in [0, 0.1) is 13.8 Å². The summed E-state index contributed by atoms with van der Waals surface area (Å²) in [4.78, 5) is 13.7. The van der Waals surface area contributed by atoms with Gasteiger partial charge in [0.1, 0.15) is 17.0 Å². The molecule has 2 heterocycles. The van der Waals surface area contributed by atoms with Crippen molar-refractivity contribution in [2.45, 2.75) is 27.2 Å². The molecule has 0 aromatic carbocycles. The fourth-order valence-electron chi connectivity index (χ4n) is 2.10. The summed E-state index contributed by atoms with van der Waals surface area (Å²) in [7, 11) is 0. The lowest BCUT2D eigenvalue weighted by Gasteiger charge is -2.23. The van der Waals surface area contributed by atoms with Crippen LogP contribution < -0.4 is 4.90 Å². The number of aryl methyl sites for hydroxylation is 2. The lowest BCUT2D eigenvalue weighted by molar-refractivity contribution is 0.786. The highest BCUT2D eigenvalue weighted by Crippen LogP contribution is 2.34. The van der Waals surface area contributed by atoms with E-state index in [4.69, 9.17) is 0 Å². The topological polar surface area (TPSA) is 29.0 Å². The normalized spacial score (nSPS) is 11.1. The molecule has 18 heavy (non-hydrogen) atoms. The van der Waals surface area contributed by atoms with Crippen LogP contribution >= 0.6 is 27.3 Å². The Labute approximate surface area is 120 Å². The highest BCUT2D eigenvalue weighted by molar-refractivity contribution is 9.09. The van der Waals surface area contributed by atoms with Gasteiger partial charge in [0.15, 0.2) is 0 Å². The highest BCUT2D eigenvalue weighted by atomic mass is 79.9. The molecule has 0 bridgehead atoms. The molecule has 5 heteroatoms. The Morgan fingerprint density at radius 2 is 2.06 bits per heavy atom. The van der Waals surface area contributed by atoms with Crippen molar-refractivity contribution in [1.29, 1.82) is 0 Å². The van der Waals surface area contributed by atoms with Crippen LogP contribution in [-0.4, -0.2) is 28.4 Å². The third-order valence-electron chi connectivity index (χ3n) is 3.09. The molecular weight excluding hydrogens is 310 g/mol. The molecule has 0 unspecified atom stereocenters. The van der Waals surface area contributed by atoms with Gasteiger partial charge in [-0.25, -0.2) is 9.97 Å². The summed E-state index contributed by atoms with van der Waals surface area (Å²) in [6, 6.07) is 0. The van der Waals surface area contributed by atoms with Gasteiger partial charge in [-0.2, -0.15) is 0 Å². The van der Waals surface area contributed by atoms with Crippen molar-refractivity contribution >= 4 is 43.3 Å². The maximum atomic E-state index is 4.52. The van der Waals surface area contributed by atoms with Crippen molar-refractivity contribution in [3.8, 4) is 0 Å². The molecule has 98 valence electrons. The van der Waals surface area contributed by atoms with Gasteiger partial charge in [0.2, 0.25) is 0 Å². The molecule has 0 aliphatic rings. The molecule has 0 fully saturated rings. The number of alkyl halides is 1.